The predicted octanol–water partition coefficient (Wildman–Crippen LogP) is 3.72. The monoisotopic (exact) mass is 265 g/mol. The summed E-state index contributed by atoms with van der Waals surface area (Å²) in [5.41, 5.74) is 4.83. The minimum absolute atomic E-state index is 0.151. The zero-order valence-electron chi connectivity index (χ0n) is 11.5. The summed E-state index contributed by atoms with van der Waals surface area (Å²) in [7, 11) is 0. The Morgan fingerprint density at radius 1 is 1.05 bits per heavy atom. The molecular weight excluding hydrogens is 246 g/mol. The molecule has 20 heavy (non-hydrogen) atoms. The number of hydrogen-bond donors (Lipinski definition) is 1. The Morgan fingerprint density at radius 2 is 1.85 bits per heavy atom. The molecule has 2 nitrogen and oxygen atoms in total. The van der Waals surface area contributed by atoms with E-state index in [1.54, 1.807) is 0 Å². The van der Waals surface area contributed by atoms with E-state index >= 15 is 0 Å². The van der Waals surface area contributed by atoms with Gasteiger partial charge in [-0.15, -0.1) is 0 Å². The second kappa shape index (κ2) is 4.71. The van der Waals surface area contributed by atoms with Crippen LogP contribution in [0.4, 0.5) is 0 Å². The topological polar surface area (TPSA) is 33.1 Å². The van der Waals surface area contributed by atoms with Crippen LogP contribution in [-0.2, 0) is 6.42 Å². The van der Waals surface area contributed by atoms with Crippen LogP contribution in [0.25, 0.3) is 0 Å². The van der Waals surface area contributed by atoms with E-state index in [1.807, 2.05) is 12.3 Å². The molecular formula is C18H19NO. The van der Waals surface area contributed by atoms with Crippen molar-refractivity contribution in [3.05, 3.63) is 65.0 Å². The molecule has 2 aliphatic rings. The van der Waals surface area contributed by atoms with Crippen LogP contribution in [-0.4, -0.2) is 10.1 Å². The third-order valence-electron chi connectivity index (χ3n) is 4.71. The van der Waals surface area contributed by atoms with Crippen LogP contribution in [0.3, 0.4) is 0 Å². The van der Waals surface area contributed by atoms with Crippen molar-refractivity contribution >= 4 is 0 Å². The van der Waals surface area contributed by atoms with Crippen molar-refractivity contribution in [2.75, 3.05) is 0 Å². The number of fused-ring (bicyclic) bond motifs is 1. The van der Waals surface area contributed by atoms with Crippen molar-refractivity contribution in [2.24, 2.45) is 0 Å². The lowest BCUT2D eigenvalue weighted by Crippen LogP contribution is -2.09. The summed E-state index contributed by atoms with van der Waals surface area (Å²) in [6, 6.07) is 12.7. The van der Waals surface area contributed by atoms with Crippen molar-refractivity contribution in [2.45, 2.75) is 43.6 Å². The second-order valence-corrected chi connectivity index (χ2v) is 6.08. The molecule has 2 atom stereocenters. The summed E-state index contributed by atoms with van der Waals surface area (Å²) in [6.45, 7) is 0. The molecule has 2 heteroatoms. The fourth-order valence-electron chi connectivity index (χ4n) is 3.37. The Hall–Kier alpha value is -1.67. The maximum Gasteiger partial charge on any atom is 0.0873 e. The van der Waals surface area contributed by atoms with Gasteiger partial charge in [0.15, 0.2) is 0 Å². The zero-order valence-corrected chi connectivity index (χ0v) is 11.5. The van der Waals surface area contributed by atoms with Gasteiger partial charge in [0.2, 0.25) is 0 Å². The van der Waals surface area contributed by atoms with E-state index in [0.29, 0.717) is 0 Å². The zero-order chi connectivity index (χ0) is 13.5. The highest BCUT2D eigenvalue weighted by molar-refractivity contribution is 5.34. The Kier molecular flexibility index (Phi) is 2.85. The van der Waals surface area contributed by atoms with E-state index in [0.717, 1.165) is 30.0 Å². The molecule has 1 fully saturated rings. The standard InChI is InChI=1S/C18H19NO/c20-18(15-7-5-13(6-8-15)12-3-4-12)16-10-9-14-2-1-11-19-17(14)16/h1-2,5-8,11-12,16,18,20H,3-4,9-10H2. The highest BCUT2D eigenvalue weighted by Gasteiger charge is 2.31. The average Bonchev–Trinajstić information content (AvgIpc) is 3.26. The Balaban J connectivity index is 1.59. The number of aromatic nitrogens is 1. The third kappa shape index (κ3) is 2.04. The number of nitrogens with zero attached hydrogens (tertiary/aromatic N) is 1. The second-order valence-electron chi connectivity index (χ2n) is 6.08. The summed E-state index contributed by atoms with van der Waals surface area (Å²) < 4.78 is 0. The third-order valence-corrected chi connectivity index (χ3v) is 4.71. The highest BCUT2D eigenvalue weighted by atomic mass is 16.3. The van der Waals surface area contributed by atoms with Crippen LogP contribution in [0, 0.1) is 0 Å². The van der Waals surface area contributed by atoms with Gasteiger partial charge >= 0.3 is 0 Å². The van der Waals surface area contributed by atoms with Crippen molar-refractivity contribution in [1.82, 2.24) is 4.98 Å². The Morgan fingerprint density at radius 3 is 2.60 bits per heavy atom. The Labute approximate surface area is 119 Å². The SMILES string of the molecule is OC(c1ccc(C2CC2)cc1)C1CCc2cccnc21. The lowest BCUT2D eigenvalue weighted by Gasteiger charge is -2.19. The molecule has 1 aromatic carbocycles. The average molecular weight is 265 g/mol. The molecule has 0 aliphatic heterocycles. The van der Waals surface area contributed by atoms with Gasteiger partial charge in [-0.25, -0.2) is 0 Å². The lowest BCUT2D eigenvalue weighted by molar-refractivity contribution is 0.143. The first-order valence-electron chi connectivity index (χ1n) is 7.54. The number of benzene rings is 1. The van der Waals surface area contributed by atoms with Crippen LogP contribution in [0.1, 0.15) is 59.6 Å². The minimum Gasteiger partial charge on any atom is -0.388 e. The minimum atomic E-state index is -0.431. The van der Waals surface area contributed by atoms with Crippen LogP contribution >= 0.6 is 0 Å². The molecule has 2 aromatic rings. The molecule has 0 bridgehead atoms. The molecule has 2 aliphatic carbocycles. The smallest absolute Gasteiger partial charge is 0.0873 e. The molecule has 0 saturated heterocycles. The van der Waals surface area contributed by atoms with Gasteiger partial charge in [0.05, 0.1) is 6.10 Å². The first-order chi connectivity index (χ1) is 9.83. The first-order valence-corrected chi connectivity index (χ1v) is 7.54. The molecule has 0 radical (unpaired) electrons. The summed E-state index contributed by atoms with van der Waals surface area (Å²) in [4.78, 5) is 4.48. The van der Waals surface area contributed by atoms with Gasteiger partial charge in [0, 0.05) is 17.8 Å². The van der Waals surface area contributed by atoms with Crippen LogP contribution in [0.5, 0.6) is 0 Å². The summed E-state index contributed by atoms with van der Waals surface area (Å²) in [6.07, 6.45) is 6.08. The molecule has 1 N–H and O–H groups in total. The summed E-state index contributed by atoms with van der Waals surface area (Å²) >= 11 is 0. The molecule has 0 amide bonds. The maximum atomic E-state index is 10.7. The van der Waals surface area contributed by atoms with Crippen molar-refractivity contribution in [3.8, 4) is 0 Å². The van der Waals surface area contributed by atoms with E-state index in [-0.39, 0.29) is 5.92 Å². The predicted molar refractivity (Wildman–Crippen MR) is 78.7 cm³/mol. The molecule has 4 rings (SSSR count). The number of aryl methyl sites for hydroxylation is 1. The van der Waals surface area contributed by atoms with Gasteiger partial charge in [0.25, 0.3) is 0 Å². The summed E-state index contributed by atoms with van der Waals surface area (Å²) in [5, 5.41) is 10.7. The van der Waals surface area contributed by atoms with E-state index in [2.05, 4.69) is 35.3 Å². The number of aliphatic hydroxyl groups is 1. The van der Waals surface area contributed by atoms with Gasteiger partial charge in [-0.2, -0.15) is 0 Å². The Bertz CT molecular complexity index is 616. The molecule has 102 valence electrons. The highest BCUT2D eigenvalue weighted by Crippen LogP contribution is 2.42. The van der Waals surface area contributed by atoms with E-state index < -0.39 is 6.10 Å². The largest absolute Gasteiger partial charge is 0.388 e. The van der Waals surface area contributed by atoms with Gasteiger partial charge in [0.1, 0.15) is 0 Å². The van der Waals surface area contributed by atoms with E-state index in [4.69, 9.17) is 0 Å². The number of rotatable bonds is 3. The molecule has 0 spiro atoms. The van der Waals surface area contributed by atoms with Crippen LogP contribution < -0.4 is 0 Å². The van der Waals surface area contributed by atoms with Crippen LogP contribution in [0.2, 0.25) is 0 Å². The maximum absolute atomic E-state index is 10.7. The van der Waals surface area contributed by atoms with Crippen molar-refractivity contribution in [3.63, 3.8) is 0 Å². The summed E-state index contributed by atoms with van der Waals surface area (Å²) in [5.74, 6) is 0.924. The molecule has 1 heterocycles. The van der Waals surface area contributed by atoms with E-state index in [1.165, 1.54) is 24.0 Å². The quantitative estimate of drug-likeness (QED) is 0.917. The fraction of sp³-hybridized carbons (Fsp3) is 0.389. The molecule has 1 aromatic heterocycles. The number of aliphatic hydroxyl groups excluding tert-OH is 1. The number of hydrogen-bond acceptors (Lipinski definition) is 2. The van der Waals surface area contributed by atoms with Crippen molar-refractivity contribution < 1.29 is 5.11 Å². The fourth-order valence-corrected chi connectivity index (χ4v) is 3.37. The number of pyridine rings is 1. The van der Waals surface area contributed by atoms with Gasteiger partial charge < -0.3 is 5.11 Å². The van der Waals surface area contributed by atoms with Gasteiger partial charge in [-0.3, -0.25) is 4.98 Å². The van der Waals surface area contributed by atoms with E-state index in [9.17, 15) is 5.11 Å². The normalized spacial score (nSPS) is 22.6. The molecule has 2 unspecified atom stereocenters. The van der Waals surface area contributed by atoms with Crippen molar-refractivity contribution in [1.29, 1.82) is 0 Å². The lowest BCUT2D eigenvalue weighted by atomic mass is 9.92. The van der Waals surface area contributed by atoms with Gasteiger partial charge in [-0.05, 0) is 54.4 Å². The molecule has 1 saturated carbocycles. The van der Waals surface area contributed by atoms with Crippen LogP contribution in [0.15, 0.2) is 42.6 Å². The van der Waals surface area contributed by atoms with Gasteiger partial charge in [-0.1, -0.05) is 30.3 Å². The first kappa shape index (κ1) is 12.1.